The fourth-order valence-electron chi connectivity index (χ4n) is 1.30. The predicted molar refractivity (Wildman–Crippen MR) is 40.9 cm³/mol. The molecular formula is C6H13ClSi. The molecule has 0 aliphatic carbocycles. The molecule has 0 spiro atoms. The number of hydrogen-bond donors (Lipinski definition) is 0. The minimum Gasteiger partial charge on any atom is -0.167 e. The molecule has 0 amide bonds. The third kappa shape index (κ3) is 1.08. The lowest BCUT2D eigenvalue weighted by molar-refractivity contribution is 0.818. The average molecular weight is 149 g/mol. The van der Waals surface area contributed by atoms with Gasteiger partial charge in [0.25, 0.3) is 0 Å². The maximum Gasteiger partial charge on any atom is 0.156 e. The molecule has 1 rings (SSSR count). The Morgan fingerprint density at radius 2 is 2.25 bits per heavy atom. The Bertz CT molecular complexity index is 90.5. The summed E-state index contributed by atoms with van der Waals surface area (Å²) in [5.41, 5.74) is 0.865. The first-order valence-corrected chi connectivity index (χ1v) is 7.11. The topological polar surface area (TPSA) is 0 Å². The molecule has 2 heteroatoms. The van der Waals surface area contributed by atoms with E-state index in [-0.39, 0.29) is 0 Å². The van der Waals surface area contributed by atoms with Crippen LogP contribution in [0.2, 0.25) is 18.1 Å². The summed E-state index contributed by atoms with van der Waals surface area (Å²) in [6.07, 6.45) is 2.76. The van der Waals surface area contributed by atoms with Crippen molar-refractivity contribution in [3.8, 4) is 0 Å². The maximum atomic E-state index is 6.26. The summed E-state index contributed by atoms with van der Waals surface area (Å²) in [7, 11) is -1.17. The fraction of sp³-hybridized carbons (Fsp3) is 1.00. The first-order valence-electron chi connectivity index (χ1n) is 3.32. The Balaban J connectivity index is 2.54. The summed E-state index contributed by atoms with van der Waals surface area (Å²) in [6.45, 7) is 4.58. The van der Waals surface area contributed by atoms with Gasteiger partial charge in [-0.25, -0.2) is 0 Å². The highest BCUT2D eigenvalue weighted by Crippen LogP contribution is 2.41. The van der Waals surface area contributed by atoms with Gasteiger partial charge in [-0.15, -0.1) is 0 Å². The molecule has 0 radical (unpaired) electrons. The van der Waals surface area contributed by atoms with E-state index in [4.69, 9.17) is 11.1 Å². The Morgan fingerprint density at radius 3 is 2.38 bits per heavy atom. The van der Waals surface area contributed by atoms with Crippen molar-refractivity contribution in [2.24, 2.45) is 0 Å². The minimum absolute atomic E-state index is 0.865. The summed E-state index contributed by atoms with van der Waals surface area (Å²) in [4.78, 5) is 0. The van der Waals surface area contributed by atoms with Gasteiger partial charge in [0.1, 0.15) is 0 Å². The van der Waals surface area contributed by atoms with E-state index in [1.54, 1.807) is 0 Å². The number of halogens is 1. The largest absolute Gasteiger partial charge is 0.167 e. The number of hydrogen-bond acceptors (Lipinski definition) is 0. The zero-order valence-electron chi connectivity index (χ0n) is 5.58. The first-order chi connectivity index (χ1) is 3.63. The molecule has 1 heterocycles. The summed E-state index contributed by atoms with van der Waals surface area (Å²) in [6, 6.07) is 1.34. The highest BCUT2D eigenvalue weighted by Gasteiger charge is 2.35. The summed E-state index contributed by atoms with van der Waals surface area (Å²) >= 11 is 6.26. The van der Waals surface area contributed by atoms with Gasteiger partial charge >= 0.3 is 0 Å². The van der Waals surface area contributed by atoms with Crippen LogP contribution >= 0.6 is 11.1 Å². The van der Waals surface area contributed by atoms with Gasteiger partial charge in [-0.05, 0) is 11.6 Å². The minimum atomic E-state index is -1.17. The van der Waals surface area contributed by atoms with E-state index in [9.17, 15) is 0 Å². The lowest BCUT2D eigenvalue weighted by Crippen LogP contribution is -2.20. The van der Waals surface area contributed by atoms with E-state index in [2.05, 4.69) is 13.5 Å². The van der Waals surface area contributed by atoms with Gasteiger partial charge in [0.2, 0.25) is 0 Å². The second-order valence-electron chi connectivity index (χ2n) is 3.07. The molecule has 1 fully saturated rings. The first kappa shape index (κ1) is 6.62. The van der Waals surface area contributed by atoms with Crippen LogP contribution in [0.25, 0.3) is 0 Å². The highest BCUT2D eigenvalue weighted by atomic mass is 35.6. The third-order valence-corrected chi connectivity index (χ3v) is 7.69. The Kier molecular flexibility index (Phi) is 1.68. The number of rotatable bonds is 0. The molecule has 2 atom stereocenters. The molecule has 1 aliphatic heterocycles. The molecule has 0 nitrogen and oxygen atoms in total. The van der Waals surface area contributed by atoms with Crippen LogP contribution in [0, 0.1) is 0 Å². The molecule has 1 saturated heterocycles. The summed E-state index contributed by atoms with van der Waals surface area (Å²) in [5.74, 6) is 0. The Morgan fingerprint density at radius 1 is 1.62 bits per heavy atom. The molecule has 8 heavy (non-hydrogen) atoms. The van der Waals surface area contributed by atoms with E-state index in [1.807, 2.05) is 0 Å². The van der Waals surface area contributed by atoms with Crippen LogP contribution in [0.1, 0.15) is 19.8 Å². The van der Waals surface area contributed by atoms with E-state index < -0.39 is 7.38 Å². The average Bonchev–Trinajstić information content (AvgIpc) is 1.86. The van der Waals surface area contributed by atoms with Gasteiger partial charge in [-0.1, -0.05) is 26.3 Å². The van der Waals surface area contributed by atoms with Gasteiger partial charge in [-0.2, -0.15) is 11.1 Å². The van der Waals surface area contributed by atoms with Crippen molar-refractivity contribution in [1.82, 2.24) is 0 Å². The molecule has 48 valence electrons. The van der Waals surface area contributed by atoms with Gasteiger partial charge in [-0.3, -0.25) is 0 Å². The molecule has 1 aliphatic rings. The second kappa shape index (κ2) is 2.03. The highest BCUT2D eigenvalue weighted by molar-refractivity contribution is 7.20. The monoisotopic (exact) mass is 148 g/mol. The zero-order chi connectivity index (χ0) is 6.20. The van der Waals surface area contributed by atoms with Gasteiger partial charge in [0.05, 0.1) is 0 Å². The van der Waals surface area contributed by atoms with E-state index in [0.29, 0.717) is 0 Å². The lowest BCUT2D eigenvalue weighted by Gasteiger charge is -2.16. The second-order valence-corrected chi connectivity index (χ2v) is 9.70. The molecule has 0 aromatic carbocycles. The Hall–Kier alpha value is 0.507. The molecule has 0 N–H and O–H groups in total. The maximum absolute atomic E-state index is 6.26. The quantitative estimate of drug-likeness (QED) is 0.366. The third-order valence-electron chi connectivity index (χ3n) is 2.33. The van der Waals surface area contributed by atoms with Crippen LogP contribution in [0.4, 0.5) is 0 Å². The molecule has 0 saturated carbocycles. The van der Waals surface area contributed by atoms with E-state index in [1.165, 1.54) is 18.9 Å². The van der Waals surface area contributed by atoms with Crippen LogP contribution in [0.15, 0.2) is 0 Å². The zero-order valence-corrected chi connectivity index (χ0v) is 7.33. The van der Waals surface area contributed by atoms with Crippen molar-refractivity contribution in [2.45, 2.75) is 37.9 Å². The van der Waals surface area contributed by atoms with Crippen LogP contribution in [-0.2, 0) is 0 Å². The van der Waals surface area contributed by atoms with Crippen LogP contribution in [0.5, 0.6) is 0 Å². The van der Waals surface area contributed by atoms with Crippen LogP contribution in [0.3, 0.4) is 0 Å². The molecular weight excluding hydrogens is 136 g/mol. The molecule has 0 aromatic rings. The van der Waals surface area contributed by atoms with Crippen molar-refractivity contribution in [2.75, 3.05) is 0 Å². The standard InChI is InChI=1S/C6H13ClSi/c1-6-4-3-5-8(6,2)7/h6H,3-5H2,1-2H3. The van der Waals surface area contributed by atoms with Gasteiger partial charge < -0.3 is 0 Å². The van der Waals surface area contributed by atoms with Gasteiger partial charge in [0.15, 0.2) is 7.38 Å². The van der Waals surface area contributed by atoms with Crippen molar-refractivity contribution < 1.29 is 0 Å². The molecule has 0 aromatic heterocycles. The smallest absolute Gasteiger partial charge is 0.156 e. The SMILES string of the molecule is CC1CCC[Si]1(C)Cl. The lowest BCUT2D eigenvalue weighted by atomic mass is 10.3. The van der Waals surface area contributed by atoms with Crippen molar-refractivity contribution in [3.63, 3.8) is 0 Å². The van der Waals surface area contributed by atoms with Crippen LogP contribution in [-0.4, -0.2) is 7.38 Å². The Labute approximate surface area is 56.9 Å². The van der Waals surface area contributed by atoms with Crippen molar-refractivity contribution >= 4 is 18.5 Å². The van der Waals surface area contributed by atoms with E-state index >= 15 is 0 Å². The normalized spacial score (nSPS) is 47.6. The fourth-order valence-corrected chi connectivity index (χ4v) is 4.22. The predicted octanol–water partition coefficient (Wildman–Crippen LogP) is 2.98. The van der Waals surface area contributed by atoms with Crippen molar-refractivity contribution in [3.05, 3.63) is 0 Å². The summed E-state index contributed by atoms with van der Waals surface area (Å²) in [5, 5.41) is 0. The van der Waals surface area contributed by atoms with Crippen LogP contribution < -0.4 is 0 Å². The van der Waals surface area contributed by atoms with Crippen molar-refractivity contribution in [1.29, 1.82) is 0 Å². The van der Waals surface area contributed by atoms with Gasteiger partial charge in [0, 0.05) is 0 Å². The molecule has 2 unspecified atom stereocenters. The van der Waals surface area contributed by atoms with E-state index in [0.717, 1.165) is 5.54 Å². The molecule has 0 bridgehead atoms. The summed E-state index contributed by atoms with van der Waals surface area (Å²) < 4.78 is 0.